The minimum atomic E-state index is -1.62. The molecule has 0 unspecified atom stereocenters. The van der Waals surface area contributed by atoms with Crippen LogP contribution >= 0.6 is 12.6 Å². The summed E-state index contributed by atoms with van der Waals surface area (Å²) in [5, 5.41) is 27.0. The van der Waals surface area contributed by atoms with E-state index in [0.29, 0.717) is 24.3 Å². The van der Waals surface area contributed by atoms with Crippen LogP contribution in [0.15, 0.2) is 12.1 Å². The number of carbonyl (C=O) groups excluding carboxylic acids is 1. The number of carboxylic acids is 3. The number of rotatable bonds is 7. The maximum absolute atomic E-state index is 11.8. The van der Waals surface area contributed by atoms with Gasteiger partial charge in [-0.2, -0.15) is 12.6 Å². The lowest BCUT2D eigenvalue weighted by atomic mass is 9.98. The number of hydrogen-bond acceptors (Lipinski definition) is 6. The minimum Gasteiger partial charge on any atom is -0.478 e. The van der Waals surface area contributed by atoms with Crippen LogP contribution in [0, 0.1) is 0 Å². The highest BCUT2D eigenvalue weighted by molar-refractivity contribution is 7.80. The molecule has 0 amide bonds. The molecule has 8 nitrogen and oxygen atoms in total. The Morgan fingerprint density at radius 1 is 0.864 bits per heavy atom. The molecule has 0 aliphatic carbocycles. The van der Waals surface area contributed by atoms with Crippen LogP contribution in [0.3, 0.4) is 0 Å². The molecule has 0 saturated heterocycles. The Kier molecular flexibility index (Phi) is 5.93. The van der Waals surface area contributed by atoms with E-state index in [4.69, 9.17) is 20.1 Å². The van der Waals surface area contributed by atoms with Crippen molar-refractivity contribution in [1.82, 2.24) is 0 Å². The molecular weight excluding hydrogens is 316 g/mol. The van der Waals surface area contributed by atoms with Crippen molar-refractivity contribution in [1.29, 1.82) is 0 Å². The topological polar surface area (TPSA) is 138 Å². The fourth-order valence-corrected chi connectivity index (χ4v) is 1.74. The number of hydrogen-bond donors (Lipinski definition) is 4. The van der Waals surface area contributed by atoms with Crippen molar-refractivity contribution in [3.8, 4) is 0 Å². The van der Waals surface area contributed by atoms with Crippen molar-refractivity contribution in [2.75, 3.05) is 12.4 Å². The van der Waals surface area contributed by atoms with Crippen LogP contribution in [0.25, 0.3) is 0 Å². The van der Waals surface area contributed by atoms with Crippen LogP contribution in [-0.2, 0) is 4.74 Å². The number of benzene rings is 1. The van der Waals surface area contributed by atoms with E-state index in [1.165, 1.54) is 0 Å². The normalized spacial score (nSPS) is 10.0. The lowest BCUT2D eigenvalue weighted by molar-refractivity contribution is 0.0494. The van der Waals surface area contributed by atoms with Crippen LogP contribution in [-0.4, -0.2) is 51.6 Å². The van der Waals surface area contributed by atoms with E-state index in [-0.39, 0.29) is 6.61 Å². The highest BCUT2D eigenvalue weighted by Crippen LogP contribution is 2.19. The molecule has 0 fully saturated rings. The second-order valence-electron chi connectivity index (χ2n) is 4.07. The highest BCUT2D eigenvalue weighted by atomic mass is 32.1. The lowest BCUT2D eigenvalue weighted by Crippen LogP contribution is -2.17. The van der Waals surface area contributed by atoms with Gasteiger partial charge in [0, 0.05) is 0 Å². The quantitative estimate of drug-likeness (QED) is 0.333. The number of carboxylic acid groups (broad SMARTS) is 3. The van der Waals surface area contributed by atoms with Gasteiger partial charge in [0.05, 0.1) is 28.9 Å². The lowest BCUT2D eigenvalue weighted by Gasteiger charge is -2.10. The predicted octanol–water partition coefficient (Wildman–Crippen LogP) is 1.26. The van der Waals surface area contributed by atoms with Gasteiger partial charge < -0.3 is 20.1 Å². The molecule has 0 atom stereocenters. The first-order chi connectivity index (χ1) is 10.3. The molecule has 0 aromatic heterocycles. The average Bonchev–Trinajstić information content (AvgIpc) is 2.45. The van der Waals surface area contributed by atoms with Crippen molar-refractivity contribution in [3.05, 3.63) is 34.4 Å². The van der Waals surface area contributed by atoms with E-state index < -0.39 is 46.1 Å². The van der Waals surface area contributed by atoms with Gasteiger partial charge in [-0.25, -0.2) is 19.2 Å². The second kappa shape index (κ2) is 7.46. The summed E-state index contributed by atoms with van der Waals surface area (Å²) in [6.45, 7) is -0.0233. The maximum Gasteiger partial charge on any atom is 0.339 e. The molecule has 1 rings (SSSR count). The molecule has 22 heavy (non-hydrogen) atoms. The Morgan fingerprint density at radius 2 is 1.27 bits per heavy atom. The number of esters is 1. The van der Waals surface area contributed by atoms with Crippen LogP contribution in [0.5, 0.6) is 0 Å². The molecule has 0 saturated carbocycles. The van der Waals surface area contributed by atoms with Crippen molar-refractivity contribution < 1.29 is 39.2 Å². The van der Waals surface area contributed by atoms with Crippen molar-refractivity contribution in [2.45, 2.75) is 6.42 Å². The monoisotopic (exact) mass is 328 g/mol. The molecule has 0 aliphatic heterocycles. The van der Waals surface area contributed by atoms with Crippen molar-refractivity contribution in [2.24, 2.45) is 0 Å². The first-order valence-corrected chi connectivity index (χ1v) is 6.58. The molecule has 0 radical (unpaired) electrons. The third-order valence-electron chi connectivity index (χ3n) is 2.60. The third kappa shape index (κ3) is 3.98. The van der Waals surface area contributed by atoms with E-state index in [1.807, 2.05) is 0 Å². The Labute approximate surface area is 129 Å². The predicted molar refractivity (Wildman–Crippen MR) is 76.1 cm³/mol. The summed E-state index contributed by atoms with van der Waals surface area (Å²) >= 11 is 3.91. The zero-order chi connectivity index (χ0) is 16.9. The zero-order valence-electron chi connectivity index (χ0n) is 11.1. The molecule has 0 bridgehead atoms. The van der Waals surface area contributed by atoms with Crippen LogP contribution in [0.2, 0.25) is 0 Å². The van der Waals surface area contributed by atoms with Crippen LogP contribution < -0.4 is 0 Å². The van der Waals surface area contributed by atoms with Gasteiger partial charge in [-0.05, 0) is 24.3 Å². The summed E-state index contributed by atoms with van der Waals surface area (Å²) in [7, 11) is 0. The second-order valence-corrected chi connectivity index (χ2v) is 4.52. The standard InChI is InChI=1S/C13H12O8S/c14-10(15)6-4-8(12(18)19)9(5-7(6)11(16)17)13(20)21-2-1-3-22/h4-5,22H,1-3H2,(H,14,15)(H,16,17)(H,18,19). The SMILES string of the molecule is O=C(O)c1cc(C(=O)O)c(C(=O)OCCCS)cc1C(=O)O. The molecule has 3 N–H and O–H groups in total. The van der Waals surface area contributed by atoms with Gasteiger partial charge >= 0.3 is 23.9 Å². The molecule has 1 aromatic carbocycles. The fourth-order valence-electron chi connectivity index (χ4n) is 1.61. The summed E-state index contributed by atoms with van der Waals surface area (Å²) in [5.41, 5.74) is -2.58. The van der Waals surface area contributed by atoms with Crippen molar-refractivity contribution >= 4 is 36.5 Å². The Morgan fingerprint density at radius 3 is 1.68 bits per heavy atom. The van der Waals surface area contributed by atoms with Crippen LogP contribution in [0.4, 0.5) is 0 Å². The molecule has 0 spiro atoms. The molecule has 1 aromatic rings. The van der Waals surface area contributed by atoms with Gasteiger partial charge in [0.2, 0.25) is 0 Å². The van der Waals surface area contributed by atoms with Crippen molar-refractivity contribution in [3.63, 3.8) is 0 Å². The molecular formula is C13H12O8S. The van der Waals surface area contributed by atoms with Gasteiger partial charge in [0.1, 0.15) is 0 Å². The summed E-state index contributed by atoms with van der Waals surface area (Å²) in [4.78, 5) is 45.1. The number of aromatic carboxylic acids is 3. The number of thiol groups is 1. The van der Waals surface area contributed by atoms with E-state index in [0.717, 1.165) is 0 Å². The van der Waals surface area contributed by atoms with Gasteiger partial charge in [-0.3, -0.25) is 0 Å². The molecule has 0 aliphatic rings. The average molecular weight is 328 g/mol. The Balaban J connectivity index is 3.39. The summed E-state index contributed by atoms with van der Waals surface area (Å²) in [5.74, 6) is -5.38. The van der Waals surface area contributed by atoms with Gasteiger partial charge in [-0.15, -0.1) is 0 Å². The zero-order valence-corrected chi connectivity index (χ0v) is 12.0. The molecule has 118 valence electrons. The summed E-state index contributed by atoms with van der Waals surface area (Å²) in [6, 6.07) is 1.32. The van der Waals surface area contributed by atoms with Crippen LogP contribution in [0.1, 0.15) is 47.9 Å². The highest BCUT2D eigenvalue weighted by Gasteiger charge is 2.26. The Bertz CT molecular complexity index is 637. The smallest absolute Gasteiger partial charge is 0.339 e. The summed E-state index contributed by atoms with van der Waals surface area (Å²) < 4.78 is 4.80. The fraction of sp³-hybridized carbons (Fsp3) is 0.231. The van der Waals surface area contributed by atoms with E-state index in [1.54, 1.807) is 0 Å². The summed E-state index contributed by atoms with van der Waals surface area (Å²) in [6.07, 6.45) is 0.427. The number of ether oxygens (including phenoxy) is 1. The molecule has 0 heterocycles. The van der Waals surface area contributed by atoms with Gasteiger partial charge in [0.15, 0.2) is 0 Å². The first kappa shape index (κ1) is 17.5. The molecule has 9 heteroatoms. The number of carbonyl (C=O) groups is 4. The van der Waals surface area contributed by atoms with E-state index in [2.05, 4.69) is 12.6 Å². The third-order valence-corrected chi connectivity index (χ3v) is 2.92. The Hall–Kier alpha value is -2.55. The largest absolute Gasteiger partial charge is 0.478 e. The van der Waals surface area contributed by atoms with Gasteiger partial charge in [-0.1, -0.05) is 0 Å². The minimum absolute atomic E-state index is 0.0233. The maximum atomic E-state index is 11.8. The van der Waals surface area contributed by atoms with E-state index >= 15 is 0 Å². The van der Waals surface area contributed by atoms with E-state index in [9.17, 15) is 19.2 Å². The first-order valence-electron chi connectivity index (χ1n) is 5.95. The van der Waals surface area contributed by atoms with Gasteiger partial charge in [0.25, 0.3) is 0 Å².